The molecule has 0 spiro atoms. The molecule has 0 aromatic carbocycles. The van der Waals surface area contributed by atoms with Crippen molar-refractivity contribution in [3.63, 3.8) is 0 Å². The first-order valence-corrected chi connectivity index (χ1v) is 5.38. The van der Waals surface area contributed by atoms with Gasteiger partial charge in [0.05, 0.1) is 6.26 Å². The van der Waals surface area contributed by atoms with Gasteiger partial charge < -0.3 is 9.52 Å². The van der Waals surface area contributed by atoms with Gasteiger partial charge in [-0.3, -0.25) is 0 Å². The van der Waals surface area contributed by atoms with Gasteiger partial charge in [-0.2, -0.15) is 0 Å². The average molecular weight is 194 g/mol. The van der Waals surface area contributed by atoms with E-state index >= 15 is 0 Å². The first-order chi connectivity index (χ1) is 6.62. The molecule has 1 N–H and O–H groups in total. The molecule has 0 amide bonds. The third-order valence-electron chi connectivity index (χ3n) is 3.62. The minimum absolute atomic E-state index is 0.568. The maximum absolute atomic E-state index is 10.4. The van der Waals surface area contributed by atoms with E-state index in [1.807, 2.05) is 12.1 Å². The number of furan rings is 1. The van der Waals surface area contributed by atoms with Crippen LogP contribution >= 0.6 is 0 Å². The van der Waals surface area contributed by atoms with E-state index in [0.29, 0.717) is 11.8 Å². The minimum atomic E-state index is -0.713. The first kappa shape index (κ1) is 9.78. The Hall–Kier alpha value is -0.760. The molecule has 1 aliphatic rings. The maximum atomic E-state index is 10.4. The molecule has 78 valence electrons. The third kappa shape index (κ3) is 1.59. The Balaban J connectivity index is 2.18. The molecule has 0 saturated heterocycles. The van der Waals surface area contributed by atoms with Crippen LogP contribution < -0.4 is 0 Å². The Bertz CT molecular complexity index is 291. The molecular weight excluding hydrogens is 176 g/mol. The average Bonchev–Trinajstić information content (AvgIpc) is 2.65. The van der Waals surface area contributed by atoms with Crippen molar-refractivity contribution in [2.75, 3.05) is 0 Å². The summed E-state index contributed by atoms with van der Waals surface area (Å²) in [6.45, 7) is 4.46. The van der Waals surface area contributed by atoms with E-state index in [0.717, 1.165) is 25.0 Å². The molecule has 1 heterocycles. The summed E-state index contributed by atoms with van der Waals surface area (Å²) < 4.78 is 5.31. The highest BCUT2D eigenvalue weighted by molar-refractivity contribution is 5.10. The summed E-state index contributed by atoms with van der Waals surface area (Å²) in [6, 6.07) is 3.72. The molecule has 1 aromatic heterocycles. The molecule has 1 aromatic rings. The SMILES string of the molecule is CC1CCC(O)(c2ccco2)CC1C. The Labute approximate surface area is 84.9 Å². The quantitative estimate of drug-likeness (QED) is 0.745. The summed E-state index contributed by atoms with van der Waals surface area (Å²) in [5.41, 5.74) is -0.713. The fraction of sp³-hybridized carbons (Fsp3) is 0.667. The van der Waals surface area contributed by atoms with Gasteiger partial charge in [-0.05, 0) is 43.2 Å². The van der Waals surface area contributed by atoms with E-state index in [9.17, 15) is 5.11 Å². The highest BCUT2D eigenvalue weighted by atomic mass is 16.4. The zero-order valence-corrected chi connectivity index (χ0v) is 8.86. The van der Waals surface area contributed by atoms with Crippen LogP contribution in [0.2, 0.25) is 0 Å². The standard InChI is InChI=1S/C12H18O2/c1-9-5-6-12(13,8-10(9)2)11-4-3-7-14-11/h3-4,7,9-10,13H,5-6,8H2,1-2H3. The van der Waals surface area contributed by atoms with Gasteiger partial charge in [0.2, 0.25) is 0 Å². The van der Waals surface area contributed by atoms with Gasteiger partial charge in [-0.15, -0.1) is 0 Å². The topological polar surface area (TPSA) is 33.4 Å². The minimum Gasteiger partial charge on any atom is -0.466 e. The number of aliphatic hydroxyl groups is 1. The highest BCUT2D eigenvalue weighted by Crippen LogP contribution is 2.42. The van der Waals surface area contributed by atoms with Gasteiger partial charge in [0.1, 0.15) is 11.4 Å². The second-order valence-electron chi connectivity index (χ2n) is 4.71. The second kappa shape index (κ2) is 3.43. The van der Waals surface area contributed by atoms with Crippen LogP contribution in [0.15, 0.2) is 22.8 Å². The number of rotatable bonds is 1. The molecular formula is C12H18O2. The Morgan fingerprint density at radius 1 is 1.43 bits per heavy atom. The summed E-state index contributed by atoms with van der Waals surface area (Å²) in [5.74, 6) is 2.01. The van der Waals surface area contributed by atoms with E-state index in [2.05, 4.69) is 13.8 Å². The van der Waals surface area contributed by atoms with Crippen LogP contribution in [0, 0.1) is 11.8 Å². The smallest absolute Gasteiger partial charge is 0.135 e. The first-order valence-electron chi connectivity index (χ1n) is 5.38. The molecule has 0 radical (unpaired) electrons. The van der Waals surface area contributed by atoms with Crippen LogP contribution in [0.25, 0.3) is 0 Å². The van der Waals surface area contributed by atoms with Crippen molar-refractivity contribution in [2.24, 2.45) is 11.8 Å². The number of hydrogen-bond acceptors (Lipinski definition) is 2. The van der Waals surface area contributed by atoms with Crippen molar-refractivity contribution in [3.8, 4) is 0 Å². The lowest BCUT2D eigenvalue weighted by Crippen LogP contribution is -2.34. The van der Waals surface area contributed by atoms with Crippen LogP contribution in [0.5, 0.6) is 0 Å². The van der Waals surface area contributed by atoms with Crippen molar-refractivity contribution in [1.29, 1.82) is 0 Å². The third-order valence-corrected chi connectivity index (χ3v) is 3.62. The van der Waals surface area contributed by atoms with Gasteiger partial charge >= 0.3 is 0 Å². The highest BCUT2D eigenvalue weighted by Gasteiger charge is 2.39. The fourth-order valence-electron chi connectivity index (χ4n) is 2.35. The second-order valence-corrected chi connectivity index (χ2v) is 4.71. The van der Waals surface area contributed by atoms with Gasteiger partial charge in [0.25, 0.3) is 0 Å². The van der Waals surface area contributed by atoms with Crippen LogP contribution in [0.1, 0.15) is 38.9 Å². The molecule has 14 heavy (non-hydrogen) atoms. The predicted molar refractivity (Wildman–Crippen MR) is 54.8 cm³/mol. The van der Waals surface area contributed by atoms with Crippen molar-refractivity contribution >= 4 is 0 Å². The van der Waals surface area contributed by atoms with Gasteiger partial charge in [0, 0.05) is 0 Å². The summed E-state index contributed by atoms with van der Waals surface area (Å²) in [6.07, 6.45) is 4.36. The fourth-order valence-corrected chi connectivity index (χ4v) is 2.35. The van der Waals surface area contributed by atoms with Crippen molar-refractivity contribution in [1.82, 2.24) is 0 Å². The molecule has 0 aliphatic heterocycles. The molecule has 1 aliphatic carbocycles. The number of hydrogen-bond donors (Lipinski definition) is 1. The van der Waals surface area contributed by atoms with Gasteiger partial charge in [0.15, 0.2) is 0 Å². The van der Waals surface area contributed by atoms with Crippen LogP contribution in [-0.2, 0) is 5.60 Å². The molecule has 1 saturated carbocycles. The molecule has 3 atom stereocenters. The van der Waals surface area contributed by atoms with Crippen LogP contribution in [0.4, 0.5) is 0 Å². The Morgan fingerprint density at radius 2 is 2.21 bits per heavy atom. The van der Waals surface area contributed by atoms with Crippen LogP contribution in [-0.4, -0.2) is 5.11 Å². The normalized spacial score (nSPS) is 38.5. The summed E-state index contributed by atoms with van der Waals surface area (Å²) in [4.78, 5) is 0. The zero-order valence-electron chi connectivity index (χ0n) is 8.86. The molecule has 0 bridgehead atoms. The van der Waals surface area contributed by atoms with E-state index in [-0.39, 0.29) is 0 Å². The lowest BCUT2D eigenvalue weighted by Gasteiger charge is -2.37. The monoisotopic (exact) mass is 194 g/mol. The van der Waals surface area contributed by atoms with E-state index < -0.39 is 5.60 Å². The van der Waals surface area contributed by atoms with Gasteiger partial charge in [-0.25, -0.2) is 0 Å². The predicted octanol–water partition coefficient (Wildman–Crippen LogP) is 2.92. The zero-order chi connectivity index (χ0) is 10.2. The van der Waals surface area contributed by atoms with Crippen molar-refractivity contribution in [3.05, 3.63) is 24.2 Å². The lowest BCUT2D eigenvalue weighted by molar-refractivity contribution is -0.0497. The molecule has 3 unspecified atom stereocenters. The molecule has 2 heteroatoms. The van der Waals surface area contributed by atoms with Crippen LogP contribution in [0.3, 0.4) is 0 Å². The molecule has 2 nitrogen and oxygen atoms in total. The summed E-state index contributed by atoms with van der Waals surface area (Å²) >= 11 is 0. The molecule has 2 rings (SSSR count). The lowest BCUT2D eigenvalue weighted by atomic mass is 9.72. The van der Waals surface area contributed by atoms with E-state index in [4.69, 9.17) is 4.42 Å². The van der Waals surface area contributed by atoms with Crippen molar-refractivity contribution < 1.29 is 9.52 Å². The maximum Gasteiger partial charge on any atom is 0.135 e. The summed E-state index contributed by atoms with van der Waals surface area (Å²) in [7, 11) is 0. The Morgan fingerprint density at radius 3 is 2.79 bits per heavy atom. The largest absolute Gasteiger partial charge is 0.466 e. The van der Waals surface area contributed by atoms with E-state index in [1.165, 1.54) is 0 Å². The molecule has 1 fully saturated rings. The van der Waals surface area contributed by atoms with E-state index in [1.54, 1.807) is 6.26 Å². The summed E-state index contributed by atoms with van der Waals surface area (Å²) in [5, 5.41) is 10.4. The van der Waals surface area contributed by atoms with Gasteiger partial charge in [-0.1, -0.05) is 13.8 Å². The Kier molecular flexibility index (Phi) is 2.40. The van der Waals surface area contributed by atoms with Crippen molar-refractivity contribution in [2.45, 2.75) is 38.7 Å².